The quantitative estimate of drug-likeness (QED) is 0.181. The molecule has 1 fully saturated rings. The van der Waals surface area contributed by atoms with Crippen molar-refractivity contribution in [3.8, 4) is 0 Å². The summed E-state index contributed by atoms with van der Waals surface area (Å²) < 4.78 is 8.57. The van der Waals surface area contributed by atoms with E-state index in [-0.39, 0.29) is 0 Å². The number of carbonyl (C=O) groups excluding carboxylic acids is 2. The highest BCUT2D eigenvalue weighted by atomic mass is 16.7. The van der Waals surface area contributed by atoms with Gasteiger partial charge < -0.3 is 24.8 Å². The lowest BCUT2D eigenvalue weighted by atomic mass is 10.3. The molecule has 0 bridgehead atoms. The third-order valence-corrected chi connectivity index (χ3v) is 1.25. The Kier molecular flexibility index (Phi) is 6.50. The standard InChI is InChI=1S/C7H10O6.C2H4O/c1-2-5(8)13-6(9)3-4-7(10,11)12;1-2-3-1/h2,10-12H,1,3-4H2;1-2H2. The topological polar surface area (TPSA) is 117 Å². The van der Waals surface area contributed by atoms with E-state index in [1.807, 2.05) is 0 Å². The fourth-order valence-electron chi connectivity index (χ4n) is 0.475. The normalized spacial score (nSPS) is 13.2. The van der Waals surface area contributed by atoms with E-state index < -0.39 is 30.8 Å². The van der Waals surface area contributed by atoms with Crippen LogP contribution in [0.2, 0.25) is 0 Å². The fraction of sp³-hybridized carbons (Fsp3) is 0.556. The van der Waals surface area contributed by atoms with Crippen molar-refractivity contribution >= 4 is 11.9 Å². The molecule has 0 unspecified atom stereocenters. The van der Waals surface area contributed by atoms with Gasteiger partial charge in [-0.3, -0.25) is 4.79 Å². The molecule has 7 heteroatoms. The van der Waals surface area contributed by atoms with Crippen molar-refractivity contribution in [1.82, 2.24) is 0 Å². The summed E-state index contributed by atoms with van der Waals surface area (Å²) in [7, 11) is 0. The Morgan fingerprint density at radius 2 is 1.88 bits per heavy atom. The van der Waals surface area contributed by atoms with E-state index in [4.69, 9.17) is 15.3 Å². The number of esters is 2. The van der Waals surface area contributed by atoms with Crippen molar-refractivity contribution in [2.75, 3.05) is 13.2 Å². The summed E-state index contributed by atoms with van der Waals surface area (Å²) in [6, 6.07) is 0. The third kappa shape index (κ3) is 12.7. The van der Waals surface area contributed by atoms with Gasteiger partial charge in [-0.2, -0.15) is 0 Å². The molecule has 0 radical (unpaired) electrons. The second-order valence-electron chi connectivity index (χ2n) is 2.88. The predicted octanol–water partition coefficient (Wildman–Crippen LogP) is -1.33. The zero-order valence-corrected chi connectivity index (χ0v) is 8.59. The van der Waals surface area contributed by atoms with Crippen LogP contribution in [0.1, 0.15) is 12.8 Å². The molecule has 0 spiro atoms. The molecular weight excluding hydrogens is 220 g/mol. The van der Waals surface area contributed by atoms with Crippen LogP contribution in [0.25, 0.3) is 0 Å². The Morgan fingerprint density at radius 3 is 2.19 bits per heavy atom. The summed E-state index contributed by atoms with van der Waals surface area (Å²) in [6.45, 7) is 5.05. The zero-order chi connectivity index (χ0) is 12.6. The number of carbonyl (C=O) groups is 2. The van der Waals surface area contributed by atoms with Crippen molar-refractivity contribution in [2.45, 2.75) is 18.8 Å². The SMILES string of the molecule is C1CO1.C=CC(=O)OC(=O)CCC(O)(O)O. The average molecular weight is 234 g/mol. The van der Waals surface area contributed by atoms with Crippen LogP contribution >= 0.6 is 0 Å². The Morgan fingerprint density at radius 1 is 1.38 bits per heavy atom. The molecule has 1 aliphatic rings. The number of epoxide rings is 1. The van der Waals surface area contributed by atoms with E-state index in [9.17, 15) is 9.59 Å². The van der Waals surface area contributed by atoms with E-state index in [1.165, 1.54) is 0 Å². The lowest BCUT2D eigenvalue weighted by Crippen LogP contribution is -2.28. The monoisotopic (exact) mass is 234 g/mol. The van der Waals surface area contributed by atoms with Gasteiger partial charge in [0.1, 0.15) is 0 Å². The highest BCUT2D eigenvalue weighted by Gasteiger charge is 2.20. The second-order valence-corrected chi connectivity index (χ2v) is 2.88. The number of hydrogen-bond donors (Lipinski definition) is 3. The maximum Gasteiger partial charge on any atom is 0.337 e. The first kappa shape index (κ1) is 14.7. The summed E-state index contributed by atoms with van der Waals surface area (Å²) in [5.41, 5.74) is 0. The molecule has 1 saturated heterocycles. The van der Waals surface area contributed by atoms with Gasteiger partial charge in [0.25, 0.3) is 5.97 Å². The van der Waals surface area contributed by atoms with Crippen LogP contribution in [0, 0.1) is 0 Å². The fourth-order valence-corrected chi connectivity index (χ4v) is 0.475. The minimum Gasteiger partial charge on any atom is -0.390 e. The van der Waals surface area contributed by atoms with Gasteiger partial charge in [0.15, 0.2) is 0 Å². The maximum absolute atomic E-state index is 10.6. The van der Waals surface area contributed by atoms with Crippen molar-refractivity contribution in [2.24, 2.45) is 0 Å². The highest BCUT2D eigenvalue weighted by Crippen LogP contribution is 2.05. The van der Waals surface area contributed by atoms with Crippen LogP contribution in [0.5, 0.6) is 0 Å². The minimum absolute atomic E-state index is 0.483. The first-order chi connectivity index (χ1) is 7.35. The molecule has 1 rings (SSSR count). The van der Waals surface area contributed by atoms with E-state index in [0.29, 0.717) is 0 Å². The molecule has 1 heterocycles. The molecule has 7 nitrogen and oxygen atoms in total. The van der Waals surface area contributed by atoms with Crippen molar-refractivity contribution in [3.63, 3.8) is 0 Å². The number of rotatable bonds is 4. The van der Waals surface area contributed by atoms with Gasteiger partial charge in [-0.05, 0) is 0 Å². The molecular formula is C9H14O7. The molecule has 0 amide bonds. The van der Waals surface area contributed by atoms with E-state index in [1.54, 1.807) is 0 Å². The average Bonchev–Trinajstić information content (AvgIpc) is 3.00. The Balaban J connectivity index is 0.000000635. The predicted molar refractivity (Wildman–Crippen MR) is 50.7 cm³/mol. The molecule has 0 aliphatic carbocycles. The van der Waals surface area contributed by atoms with Crippen LogP contribution < -0.4 is 0 Å². The van der Waals surface area contributed by atoms with Crippen LogP contribution in [0.4, 0.5) is 0 Å². The molecule has 92 valence electrons. The van der Waals surface area contributed by atoms with Gasteiger partial charge in [-0.15, -0.1) is 0 Å². The van der Waals surface area contributed by atoms with E-state index in [0.717, 1.165) is 19.3 Å². The summed E-state index contributed by atoms with van der Waals surface area (Å²) in [5.74, 6) is -4.81. The van der Waals surface area contributed by atoms with Crippen LogP contribution in [0.3, 0.4) is 0 Å². The van der Waals surface area contributed by atoms with E-state index in [2.05, 4.69) is 16.1 Å². The molecule has 0 aromatic rings. The Labute approximate surface area is 91.9 Å². The van der Waals surface area contributed by atoms with Crippen molar-refractivity contribution < 1.29 is 34.4 Å². The minimum atomic E-state index is -2.92. The summed E-state index contributed by atoms with van der Waals surface area (Å²) in [4.78, 5) is 21.0. The lowest BCUT2D eigenvalue weighted by Gasteiger charge is -2.11. The Hall–Kier alpha value is -1.28. The first-order valence-corrected chi connectivity index (χ1v) is 4.47. The van der Waals surface area contributed by atoms with Gasteiger partial charge in [0.2, 0.25) is 0 Å². The summed E-state index contributed by atoms with van der Waals surface area (Å²) in [5, 5.41) is 25.1. The molecule has 0 aromatic heterocycles. The van der Waals surface area contributed by atoms with Crippen LogP contribution in [0.15, 0.2) is 12.7 Å². The molecule has 3 N–H and O–H groups in total. The summed E-state index contributed by atoms with van der Waals surface area (Å²) >= 11 is 0. The van der Waals surface area contributed by atoms with Gasteiger partial charge in [0, 0.05) is 12.5 Å². The van der Waals surface area contributed by atoms with Gasteiger partial charge in [-0.25, -0.2) is 4.79 Å². The molecule has 0 saturated carbocycles. The molecule has 16 heavy (non-hydrogen) atoms. The smallest absolute Gasteiger partial charge is 0.337 e. The molecule has 0 atom stereocenters. The van der Waals surface area contributed by atoms with Crippen molar-refractivity contribution in [1.29, 1.82) is 0 Å². The second kappa shape index (κ2) is 7.07. The maximum atomic E-state index is 10.6. The van der Waals surface area contributed by atoms with Crippen LogP contribution in [-0.2, 0) is 19.1 Å². The third-order valence-electron chi connectivity index (χ3n) is 1.25. The lowest BCUT2D eigenvalue weighted by molar-refractivity contribution is -0.314. The summed E-state index contributed by atoms with van der Waals surface area (Å²) in [6.07, 6.45) is -0.318. The van der Waals surface area contributed by atoms with Crippen LogP contribution in [-0.4, -0.2) is 46.4 Å². The number of aliphatic hydroxyl groups is 3. The number of ether oxygens (including phenoxy) is 2. The highest BCUT2D eigenvalue weighted by molar-refractivity contribution is 5.91. The number of hydrogen-bond acceptors (Lipinski definition) is 7. The van der Waals surface area contributed by atoms with Gasteiger partial charge in [-0.1, -0.05) is 6.58 Å². The van der Waals surface area contributed by atoms with Gasteiger partial charge >= 0.3 is 11.9 Å². The zero-order valence-electron chi connectivity index (χ0n) is 8.59. The van der Waals surface area contributed by atoms with Crippen molar-refractivity contribution in [3.05, 3.63) is 12.7 Å². The Bertz CT molecular complexity index is 248. The largest absolute Gasteiger partial charge is 0.390 e. The first-order valence-electron chi connectivity index (χ1n) is 4.47. The molecule has 1 aliphatic heterocycles. The van der Waals surface area contributed by atoms with E-state index >= 15 is 0 Å². The molecule has 0 aromatic carbocycles. The van der Waals surface area contributed by atoms with Gasteiger partial charge in [0.05, 0.1) is 19.6 Å².